The molecule has 20 heavy (non-hydrogen) atoms. The summed E-state index contributed by atoms with van der Waals surface area (Å²) in [7, 11) is 0. The Bertz CT molecular complexity index is 812. The fourth-order valence-electron chi connectivity index (χ4n) is 2.60. The molecule has 0 aliphatic heterocycles. The van der Waals surface area contributed by atoms with E-state index in [9.17, 15) is 4.79 Å². The van der Waals surface area contributed by atoms with Crippen molar-refractivity contribution in [2.75, 3.05) is 0 Å². The van der Waals surface area contributed by atoms with Gasteiger partial charge in [0.1, 0.15) is 0 Å². The topological polar surface area (TPSA) is 48.6 Å². The highest BCUT2D eigenvalue weighted by molar-refractivity contribution is 9.09. The first-order valence-electron chi connectivity index (χ1n) is 6.48. The van der Waals surface area contributed by atoms with Gasteiger partial charge in [-0.1, -0.05) is 40.2 Å². The maximum Gasteiger partial charge on any atom is 0.323 e. The average molecular weight is 331 g/mol. The van der Waals surface area contributed by atoms with Crippen LogP contribution in [-0.2, 0) is 0 Å². The van der Waals surface area contributed by atoms with Gasteiger partial charge >= 0.3 is 5.69 Å². The number of halogens is 1. The van der Waals surface area contributed by atoms with Gasteiger partial charge in [0.05, 0.1) is 15.9 Å². The number of H-pyrrole nitrogens is 2. The minimum atomic E-state index is -0.171. The Kier molecular flexibility index (Phi) is 3.26. The van der Waals surface area contributed by atoms with Crippen LogP contribution in [-0.4, -0.2) is 9.97 Å². The zero-order valence-corrected chi connectivity index (χ0v) is 12.9. The molecule has 0 saturated carbocycles. The number of alkyl halides is 1. The van der Waals surface area contributed by atoms with Crippen molar-refractivity contribution in [1.82, 2.24) is 9.97 Å². The number of hydrogen-bond donors (Lipinski definition) is 2. The number of hydrogen-bond acceptors (Lipinski definition) is 1. The molecular weight excluding hydrogens is 316 g/mol. The average Bonchev–Trinajstić information content (AvgIpc) is 2.77. The molecule has 3 aromatic rings. The smallest absolute Gasteiger partial charge is 0.306 e. The molecule has 1 heterocycles. The molecule has 0 amide bonds. The monoisotopic (exact) mass is 330 g/mol. The van der Waals surface area contributed by atoms with Crippen molar-refractivity contribution < 1.29 is 0 Å². The van der Waals surface area contributed by atoms with E-state index in [4.69, 9.17) is 0 Å². The molecule has 1 atom stereocenters. The normalized spacial score (nSPS) is 12.8. The number of imidazole rings is 1. The third kappa shape index (κ3) is 2.20. The second-order valence-corrected chi connectivity index (χ2v) is 5.97. The lowest BCUT2D eigenvalue weighted by Gasteiger charge is -2.16. The van der Waals surface area contributed by atoms with Gasteiger partial charge in [-0.2, -0.15) is 0 Å². The van der Waals surface area contributed by atoms with Crippen molar-refractivity contribution in [3.63, 3.8) is 0 Å². The number of aromatic amines is 2. The fraction of sp³-hybridized carbons (Fsp3) is 0.188. The maximum absolute atomic E-state index is 11.3. The summed E-state index contributed by atoms with van der Waals surface area (Å²) < 4.78 is 0. The van der Waals surface area contributed by atoms with Gasteiger partial charge in [0.25, 0.3) is 0 Å². The Hall–Kier alpha value is -1.81. The maximum atomic E-state index is 11.3. The van der Waals surface area contributed by atoms with Gasteiger partial charge < -0.3 is 9.97 Å². The minimum Gasteiger partial charge on any atom is -0.306 e. The summed E-state index contributed by atoms with van der Waals surface area (Å²) in [5.41, 5.74) is 6.43. The molecule has 1 unspecified atom stereocenters. The van der Waals surface area contributed by atoms with E-state index in [2.05, 4.69) is 57.9 Å². The highest BCUT2D eigenvalue weighted by atomic mass is 79.9. The summed E-state index contributed by atoms with van der Waals surface area (Å²) in [4.78, 5) is 17.0. The van der Waals surface area contributed by atoms with Gasteiger partial charge in [-0.15, -0.1) is 0 Å². The molecule has 4 heteroatoms. The van der Waals surface area contributed by atoms with Crippen LogP contribution in [0.25, 0.3) is 11.0 Å². The Morgan fingerprint density at radius 1 is 1.00 bits per heavy atom. The van der Waals surface area contributed by atoms with Crippen molar-refractivity contribution in [3.8, 4) is 0 Å². The SMILES string of the molecule is Cc1cccc(C)c1C(Br)c1ccc2[nH]c(=O)[nH]c2c1. The first-order valence-corrected chi connectivity index (χ1v) is 7.40. The van der Waals surface area contributed by atoms with Crippen LogP contribution in [0.2, 0.25) is 0 Å². The van der Waals surface area contributed by atoms with Crippen molar-refractivity contribution in [2.45, 2.75) is 18.7 Å². The number of aromatic nitrogens is 2. The number of benzene rings is 2. The zero-order valence-electron chi connectivity index (χ0n) is 11.3. The molecular formula is C16H15BrN2O. The van der Waals surface area contributed by atoms with E-state index < -0.39 is 0 Å². The molecule has 2 N–H and O–H groups in total. The lowest BCUT2D eigenvalue weighted by atomic mass is 9.96. The van der Waals surface area contributed by atoms with E-state index >= 15 is 0 Å². The minimum absolute atomic E-state index is 0.117. The fourth-order valence-corrected chi connectivity index (χ4v) is 3.61. The lowest BCUT2D eigenvalue weighted by Crippen LogP contribution is -1.99. The molecule has 3 nitrogen and oxygen atoms in total. The van der Waals surface area contributed by atoms with E-state index in [0.29, 0.717) is 0 Å². The van der Waals surface area contributed by atoms with Gasteiger partial charge in [-0.25, -0.2) is 4.79 Å². The second-order valence-electron chi connectivity index (χ2n) is 5.05. The molecule has 2 aromatic carbocycles. The Morgan fingerprint density at radius 3 is 2.35 bits per heavy atom. The van der Waals surface area contributed by atoms with Crippen molar-refractivity contribution >= 4 is 27.0 Å². The zero-order chi connectivity index (χ0) is 14.3. The molecule has 102 valence electrons. The Morgan fingerprint density at radius 2 is 1.65 bits per heavy atom. The third-order valence-electron chi connectivity index (χ3n) is 3.63. The number of rotatable bonds is 2. The summed E-state index contributed by atoms with van der Waals surface area (Å²) in [6, 6.07) is 12.3. The highest BCUT2D eigenvalue weighted by Crippen LogP contribution is 2.35. The van der Waals surface area contributed by atoms with Gasteiger partial charge in [-0.3, -0.25) is 0 Å². The quantitative estimate of drug-likeness (QED) is 0.686. The predicted octanol–water partition coefficient (Wildman–Crippen LogP) is 3.96. The molecule has 0 saturated heterocycles. The first kappa shape index (κ1) is 13.2. The molecule has 0 bridgehead atoms. The van der Waals surface area contributed by atoms with Crippen LogP contribution in [0.1, 0.15) is 27.1 Å². The summed E-state index contributed by atoms with van der Waals surface area (Å²) in [6.45, 7) is 4.24. The predicted molar refractivity (Wildman–Crippen MR) is 85.6 cm³/mol. The highest BCUT2D eigenvalue weighted by Gasteiger charge is 2.15. The van der Waals surface area contributed by atoms with Crippen LogP contribution in [0.4, 0.5) is 0 Å². The van der Waals surface area contributed by atoms with Crippen LogP contribution < -0.4 is 5.69 Å². The van der Waals surface area contributed by atoms with Gasteiger partial charge in [0.15, 0.2) is 0 Å². The molecule has 0 aliphatic rings. The van der Waals surface area contributed by atoms with Crippen LogP contribution in [0.3, 0.4) is 0 Å². The molecule has 0 radical (unpaired) electrons. The summed E-state index contributed by atoms with van der Waals surface area (Å²) >= 11 is 3.79. The molecule has 0 spiro atoms. The van der Waals surface area contributed by atoms with E-state index in [0.717, 1.165) is 16.6 Å². The summed E-state index contributed by atoms with van der Waals surface area (Å²) in [5.74, 6) is 0. The van der Waals surface area contributed by atoms with Gasteiger partial charge in [0, 0.05) is 0 Å². The van der Waals surface area contributed by atoms with Crippen LogP contribution in [0, 0.1) is 13.8 Å². The van der Waals surface area contributed by atoms with Crippen LogP contribution >= 0.6 is 15.9 Å². The third-order valence-corrected chi connectivity index (χ3v) is 4.61. The largest absolute Gasteiger partial charge is 0.323 e. The summed E-state index contributed by atoms with van der Waals surface area (Å²) in [6.07, 6.45) is 0. The standard InChI is InChI=1S/C16H15BrN2O/c1-9-4-3-5-10(2)14(9)15(17)11-6-7-12-13(8-11)19-16(20)18-12/h3-8,15H,1-2H3,(H2,18,19,20). The van der Waals surface area contributed by atoms with Crippen LogP contribution in [0.15, 0.2) is 41.2 Å². The molecule has 3 rings (SSSR count). The number of nitrogens with one attached hydrogen (secondary N) is 2. The van der Waals surface area contributed by atoms with E-state index in [1.807, 2.05) is 18.2 Å². The molecule has 1 aromatic heterocycles. The first-order chi connectivity index (χ1) is 9.56. The lowest BCUT2D eigenvalue weighted by molar-refractivity contribution is 1.11. The van der Waals surface area contributed by atoms with Gasteiger partial charge in [0.2, 0.25) is 0 Å². The summed E-state index contributed by atoms with van der Waals surface area (Å²) in [5, 5.41) is 0. The molecule has 0 aliphatic carbocycles. The van der Waals surface area contributed by atoms with Gasteiger partial charge in [-0.05, 0) is 48.2 Å². The Balaban J connectivity index is 2.12. The number of fused-ring (bicyclic) bond motifs is 1. The number of aryl methyl sites for hydroxylation is 2. The Labute approximate surface area is 125 Å². The van der Waals surface area contributed by atoms with E-state index in [1.165, 1.54) is 16.7 Å². The van der Waals surface area contributed by atoms with Crippen molar-refractivity contribution in [2.24, 2.45) is 0 Å². The second kappa shape index (κ2) is 4.94. The van der Waals surface area contributed by atoms with E-state index in [-0.39, 0.29) is 10.5 Å². The van der Waals surface area contributed by atoms with E-state index in [1.54, 1.807) is 0 Å². The van der Waals surface area contributed by atoms with Crippen molar-refractivity contribution in [3.05, 3.63) is 69.1 Å². The molecule has 0 fully saturated rings. The van der Waals surface area contributed by atoms with Crippen molar-refractivity contribution in [1.29, 1.82) is 0 Å². The van der Waals surface area contributed by atoms with Crippen LogP contribution in [0.5, 0.6) is 0 Å².